The number of hydrogen-bond donors (Lipinski definition) is 1. The summed E-state index contributed by atoms with van der Waals surface area (Å²) in [5.74, 6) is -0.119. The van der Waals surface area contributed by atoms with Crippen molar-refractivity contribution in [1.82, 2.24) is 4.90 Å². The molecule has 0 fully saturated rings. The van der Waals surface area contributed by atoms with Gasteiger partial charge in [-0.15, -0.1) is 11.3 Å². The molecule has 1 amide bonds. The van der Waals surface area contributed by atoms with E-state index in [9.17, 15) is 4.79 Å². The quantitative estimate of drug-likeness (QED) is 0.890. The number of nitrogens with zero attached hydrogens (tertiary/aromatic N) is 1. The van der Waals surface area contributed by atoms with Crippen LogP contribution in [0.5, 0.6) is 0 Å². The first kappa shape index (κ1) is 12.5. The number of likely N-dealkylation sites (N-methyl/N-ethyl adjacent to an activating group) is 1. The lowest BCUT2D eigenvalue weighted by Crippen LogP contribution is -2.47. The number of carbonyl (C=O) groups excluding carboxylic acids is 1. The van der Waals surface area contributed by atoms with Gasteiger partial charge in [0.15, 0.2) is 0 Å². The largest absolute Gasteiger partial charge is 0.394 e. The van der Waals surface area contributed by atoms with Crippen LogP contribution in [0.25, 0.3) is 0 Å². The average molecular weight is 248 g/mol. The van der Waals surface area contributed by atoms with Crippen LogP contribution in [0.3, 0.4) is 0 Å². The molecule has 0 radical (unpaired) electrons. The highest BCUT2D eigenvalue weighted by molar-refractivity contribution is 7.17. The molecule has 0 aromatic carbocycles. The van der Waals surface area contributed by atoms with Gasteiger partial charge in [0.1, 0.15) is 0 Å². The molecule has 0 aliphatic heterocycles. The van der Waals surface area contributed by atoms with E-state index in [1.807, 2.05) is 0 Å². The minimum atomic E-state index is -0.562. The van der Waals surface area contributed by atoms with Gasteiger partial charge in [-0.25, -0.2) is 0 Å². The van der Waals surface area contributed by atoms with E-state index in [-0.39, 0.29) is 12.5 Å². The fraction of sp³-hybridized carbons (Fsp3) is 0.500. The molecule has 1 aromatic heterocycles. The van der Waals surface area contributed by atoms with Crippen molar-refractivity contribution < 1.29 is 9.90 Å². The van der Waals surface area contributed by atoms with Crippen LogP contribution in [0.1, 0.15) is 23.5 Å². The highest BCUT2D eigenvalue weighted by Crippen LogP contribution is 2.24. The van der Waals surface area contributed by atoms with Crippen LogP contribution in [-0.2, 0) is 0 Å². The van der Waals surface area contributed by atoms with Crippen LogP contribution in [0.2, 0.25) is 4.34 Å². The Kier molecular flexibility index (Phi) is 3.76. The summed E-state index contributed by atoms with van der Waals surface area (Å²) in [4.78, 5) is 14.0. The standard InChI is InChI=1S/C10H14ClNO2S/c1-10(2,6-13)12(3)9(14)7-4-5-8(11)15-7/h4-5,13H,6H2,1-3H3. The maximum absolute atomic E-state index is 11.9. The summed E-state index contributed by atoms with van der Waals surface area (Å²) in [5, 5.41) is 9.15. The Labute approximate surface area is 98.3 Å². The molecule has 3 nitrogen and oxygen atoms in total. The first-order valence-corrected chi connectivity index (χ1v) is 5.72. The highest BCUT2D eigenvalue weighted by Gasteiger charge is 2.28. The van der Waals surface area contributed by atoms with Crippen LogP contribution in [-0.4, -0.2) is 35.1 Å². The van der Waals surface area contributed by atoms with E-state index >= 15 is 0 Å². The molecule has 0 aliphatic rings. The van der Waals surface area contributed by atoms with Gasteiger partial charge in [0.2, 0.25) is 0 Å². The minimum Gasteiger partial charge on any atom is -0.394 e. The Hall–Kier alpha value is -0.580. The third-order valence-corrected chi connectivity index (χ3v) is 3.60. The van der Waals surface area contributed by atoms with Crippen molar-refractivity contribution in [2.75, 3.05) is 13.7 Å². The van der Waals surface area contributed by atoms with E-state index < -0.39 is 5.54 Å². The number of halogens is 1. The molecule has 0 unspecified atom stereocenters. The number of aliphatic hydroxyl groups is 1. The normalized spacial score (nSPS) is 11.5. The Morgan fingerprint density at radius 2 is 2.20 bits per heavy atom. The molecule has 0 bridgehead atoms. The number of thiophene rings is 1. The lowest BCUT2D eigenvalue weighted by molar-refractivity contribution is 0.0478. The van der Waals surface area contributed by atoms with Gasteiger partial charge in [0, 0.05) is 7.05 Å². The predicted octanol–water partition coefficient (Wildman–Crippen LogP) is 2.24. The molecule has 1 heterocycles. The summed E-state index contributed by atoms with van der Waals surface area (Å²) in [6.07, 6.45) is 0. The number of carbonyl (C=O) groups is 1. The number of rotatable bonds is 3. The van der Waals surface area contributed by atoms with Crippen molar-refractivity contribution in [2.24, 2.45) is 0 Å². The molecule has 0 saturated heterocycles. The third-order valence-electron chi connectivity index (χ3n) is 2.38. The van der Waals surface area contributed by atoms with Gasteiger partial charge in [-0.05, 0) is 26.0 Å². The van der Waals surface area contributed by atoms with Crippen molar-refractivity contribution in [3.63, 3.8) is 0 Å². The zero-order chi connectivity index (χ0) is 11.6. The van der Waals surface area contributed by atoms with E-state index in [1.165, 1.54) is 16.2 Å². The zero-order valence-electron chi connectivity index (χ0n) is 8.95. The summed E-state index contributed by atoms with van der Waals surface area (Å²) in [6.45, 7) is 3.54. The van der Waals surface area contributed by atoms with Gasteiger partial charge >= 0.3 is 0 Å². The second-order valence-corrected chi connectivity index (χ2v) is 5.65. The summed E-state index contributed by atoms with van der Waals surface area (Å²) in [6, 6.07) is 3.39. The fourth-order valence-electron chi connectivity index (χ4n) is 0.975. The topological polar surface area (TPSA) is 40.5 Å². The number of hydrogen-bond acceptors (Lipinski definition) is 3. The molecule has 0 atom stereocenters. The van der Waals surface area contributed by atoms with E-state index in [2.05, 4.69) is 0 Å². The molecular formula is C10H14ClNO2S. The molecule has 15 heavy (non-hydrogen) atoms. The Morgan fingerprint density at radius 1 is 1.60 bits per heavy atom. The maximum atomic E-state index is 11.9. The summed E-state index contributed by atoms with van der Waals surface area (Å²) in [7, 11) is 1.67. The van der Waals surface area contributed by atoms with Crippen molar-refractivity contribution in [2.45, 2.75) is 19.4 Å². The molecular weight excluding hydrogens is 234 g/mol. The molecule has 1 N–H and O–H groups in total. The Bertz CT molecular complexity index is 362. The van der Waals surface area contributed by atoms with Crippen LogP contribution in [0.15, 0.2) is 12.1 Å². The first-order chi connectivity index (χ1) is 6.88. The summed E-state index contributed by atoms with van der Waals surface area (Å²) < 4.78 is 0.591. The van der Waals surface area contributed by atoms with E-state index in [0.29, 0.717) is 9.21 Å². The molecule has 0 aliphatic carbocycles. The minimum absolute atomic E-state index is 0.0751. The van der Waals surface area contributed by atoms with Crippen LogP contribution in [0.4, 0.5) is 0 Å². The average Bonchev–Trinajstić information content (AvgIpc) is 2.62. The Morgan fingerprint density at radius 3 is 2.60 bits per heavy atom. The lowest BCUT2D eigenvalue weighted by atomic mass is 10.1. The van der Waals surface area contributed by atoms with Gasteiger partial charge in [-0.2, -0.15) is 0 Å². The van der Waals surface area contributed by atoms with Gasteiger partial charge in [0.25, 0.3) is 5.91 Å². The SMILES string of the molecule is CN(C(=O)c1ccc(Cl)s1)C(C)(C)CO. The van der Waals surface area contributed by atoms with Crippen molar-refractivity contribution >= 4 is 28.8 Å². The summed E-state index contributed by atoms with van der Waals surface area (Å²) in [5.41, 5.74) is -0.562. The molecule has 84 valence electrons. The first-order valence-electron chi connectivity index (χ1n) is 4.53. The second kappa shape index (κ2) is 4.51. The second-order valence-electron chi connectivity index (χ2n) is 3.94. The molecule has 0 spiro atoms. The monoisotopic (exact) mass is 247 g/mol. The fourth-order valence-corrected chi connectivity index (χ4v) is 1.99. The van der Waals surface area contributed by atoms with Crippen LogP contribution >= 0.6 is 22.9 Å². The number of amides is 1. The van der Waals surface area contributed by atoms with Crippen LogP contribution < -0.4 is 0 Å². The van der Waals surface area contributed by atoms with Crippen molar-refractivity contribution in [3.8, 4) is 0 Å². The van der Waals surface area contributed by atoms with Crippen molar-refractivity contribution in [1.29, 1.82) is 0 Å². The van der Waals surface area contributed by atoms with Crippen molar-refractivity contribution in [3.05, 3.63) is 21.3 Å². The van der Waals surface area contributed by atoms with Gasteiger partial charge < -0.3 is 10.0 Å². The van der Waals surface area contributed by atoms with E-state index in [1.54, 1.807) is 33.0 Å². The smallest absolute Gasteiger partial charge is 0.264 e. The molecule has 5 heteroatoms. The predicted molar refractivity (Wildman–Crippen MR) is 62.6 cm³/mol. The summed E-state index contributed by atoms with van der Waals surface area (Å²) >= 11 is 7.00. The zero-order valence-corrected chi connectivity index (χ0v) is 10.5. The van der Waals surface area contributed by atoms with Gasteiger partial charge in [-0.1, -0.05) is 11.6 Å². The molecule has 1 aromatic rings. The maximum Gasteiger partial charge on any atom is 0.264 e. The van der Waals surface area contributed by atoms with Crippen LogP contribution in [0, 0.1) is 0 Å². The van der Waals surface area contributed by atoms with Gasteiger partial charge in [0.05, 0.1) is 21.4 Å². The molecule has 1 rings (SSSR count). The highest BCUT2D eigenvalue weighted by atomic mass is 35.5. The molecule has 0 saturated carbocycles. The Balaban J connectivity index is 2.86. The van der Waals surface area contributed by atoms with Gasteiger partial charge in [-0.3, -0.25) is 4.79 Å². The number of aliphatic hydroxyl groups excluding tert-OH is 1. The lowest BCUT2D eigenvalue weighted by Gasteiger charge is -2.33. The van der Waals surface area contributed by atoms with E-state index in [0.717, 1.165) is 0 Å². The third kappa shape index (κ3) is 2.71. The van der Waals surface area contributed by atoms with E-state index in [4.69, 9.17) is 16.7 Å².